The molecule has 0 unspecified atom stereocenters. The molecule has 0 N–H and O–H groups in total. The van der Waals surface area contributed by atoms with E-state index in [-0.39, 0.29) is 0 Å². The number of fused-ring (bicyclic) bond motifs is 3. The summed E-state index contributed by atoms with van der Waals surface area (Å²) in [5.41, 5.74) is 8.73. The maximum absolute atomic E-state index is 4.88. The fraction of sp³-hybridized carbons (Fsp3) is 0. The maximum Gasteiger partial charge on any atom is 0.164 e. The van der Waals surface area contributed by atoms with Crippen molar-refractivity contribution < 1.29 is 0 Å². The lowest BCUT2D eigenvalue weighted by atomic mass is 10.0. The molecule has 0 spiro atoms. The molecular formula is C39H26N4. The third-order valence-corrected chi connectivity index (χ3v) is 7.86. The van der Waals surface area contributed by atoms with Gasteiger partial charge >= 0.3 is 0 Å². The molecular weight excluding hydrogens is 524 g/mol. The molecule has 4 heteroatoms. The molecule has 43 heavy (non-hydrogen) atoms. The number of nitrogens with zero attached hydrogens (tertiary/aromatic N) is 4. The zero-order valence-corrected chi connectivity index (χ0v) is 23.3. The van der Waals surface area contributed by atoms with Crippen LogP contribution >= 0.6 is 0 Å². The van der Waals surface area contributed by atoms with Crippen molar-refractivity contribution >= 4 is 21.8 Å². The summed E-state index contributed by atoms with van der Waals surface area (Å²) in [7, 11) is 0. The van der Waals surface area contributed by atoms with Crippen molar-refractivity contribution in [1.82, 2.24) is 19.5 Å². The number of hydrogen-bond acceptors (Lipinski definition) is 3. The van der Waals surface area contributed by atoms with Crippen molar-refractivity contribution in [3.8, 4) is 51.0 Å². The second-order valence-corrected chi connectivity index (χ2v) is 10.5. The van der Waals surface area contributed by atoms with Crippen LogP contribution in [0.3, 0.4) is 0 Å². The molecule has 0 saturated carbocycles. The Labute approximate surface area is 249 Å². The normalized spacial score (nSPS) is 11.3. The van der Waals surface area contributed by atoms with Crippen LogP contribution in [-0.4, -0.2) is 19.5 Å². The van der Waals surface area contributed by atoms with Crippen LogP contribution in [0, 0.1) is 0 Å². The largest absolute Gasteiger partial charge is 0.309 e. The lowest BCUT2D eigenvalue weighted by Gasteiger charge is -2.10. The lowest BCUT2D eigenvalue weighted by molar-refractivity contribution is 1.07. The Morgan fingerprint density at radius 1 is 0.326 bits per heavy atom. The Kier molecular flexibility index (Phi) is 6.08. The number of rotatable bonds is 5. The van der Waals surface area contributed by atoms with E-state index in [4.69, 9.17) is 15.0 Å². The number of benzene rings is 6. The van der Waals surface area contributed by atoms with Gasteiger partial charge in [0, 0.05) is 33.2 Å². The van der Waals surface area contributed by atoms with Crippen molar-refractivity contribution in [1.29, 1.82) is 0 Å². The molecule has 0 saturated heterocycles. The van der Waals surface area contributed by atoms with Crippen LogP contribution < -0.4 is 0 Å². The van der Waals surface area contributed by atoms with Gasteiger partial charge in [0.15, 0.2) is 17.5 Å². The summed E-state index contributed by atoms with van der Waals surface area (Å²) in [4.78, 5) is 14.6. The average molecular weight is 551 g/mol. The first kappa shape index (κ1) is 24.9. The van der Waals surface area contributed by atoms with E-state index in [0.717, 1.165) is 27.9 Å². The van der Waals surface area contributed by atoms with E-state index in [9.17, 15) is 0 Å². The minimum Gasteiger partial charge on any atom is -0.309 e. The van der Waals surface area contributed by atoms with Crippen LogP contribution in [0.25, 0.3) is 72.8 Å². The molecule has 6 aromatic carbocycles. The first-order valence-corrected chi connectivity index (χ1v) is 14.4. The molecule has 2 heterocycles. The van der Waals surface area contributed by atoms with Crippen molar-refractivity contribution in [2.45, 2.75) is 0 Å². The van der Waals surface area contributed by atoms with Crippen LogP contribution in [-0.2, 0) is 0 Å². The van der Waals surface area contributed by atoms with Crippen LogP contribution in [0.2, 0.25) is 0 Å². The highest BCUT2D eigenvalue weighted by Gasteiger charge is 2.14. The fourth-order valence-corrected chi connectivity index (χ4v) is 5.76. The van der Waals surface area contributed by atoms with E-state index in [1.165, 1.54) is 27.4 Å². The molecule has 0 amide bonds. The van der Waals surface area contributed by atoms with Gasteiger partial charge in [0.25, 0.3) is 0 Å². The lowest BCUT2D eigenvalue weighted by Crippen LogP contribution is -2.00. The van der Waals surface area contributed by atoms with Gasteiger partial charge in [-0.25, -0.2) is 15.0 Å². The van der Waals surface area contributed by atoms with E-state index < -0.39 is 0 Å². The van der Waals surface area contributed by atoms with E-state index >= 15 is 0 Å². The summed E-state index contributed by atoms with van der Waals surface area (Å²) in [6.45, 7) is 0. The summed E-state index contributed by atoms with van der Waals surface area (Å²) in [6.07, 6.45) is 0. The van der Waals surface area contributed by atoms with Crippen molar-refractivity contribution in [3.05, 3.63) is 158 Å². The third-order valence-electron chi connectivity index (χ3n) is 7.86. The molecule has 0 radical (unpaired) electrons. The number of aromatic nitrogens is 4. The fourth-order valence-electron chi connectivity index (χ4n) is 5.76. The molecule has 8 rings (SSSR count). The van der Waals surface area contributed by atoms with Gasteiger partial charge in [-0.05, 0) is 41.5 Å². The van der Waals surface area contributed by atoms with Gasteiger partial charge in [-0.3, -0.25) is 0 Å². The summed E-state index contributed by atoms with van der Waals surface area (Å²) in [5.74, 6) is 1.98. The highest BCUT2D eigenvalue weighted by molar-refractivity contribution is 6.10. The Morgan fingerprint density at radius 2 is 0.767 bits per heavy atom. The number of para-hydroxylation sites is 2. The molecule has 0 bridgehead atoms. The summed E-state index contributed by atoms with van der Waals surface area (Å²) in [6, 6.07) is 54.6. The topological polar surface area (TPSA) is 43.6 Å². The zero-order valence-electron chi connectivity index (χ0n) is 23.3. The van der Waals surface area contributed by atoms with E-state index in [0.29, 0.717) is 17.5 Å². The average Bonchev–Trinajstić information content (AvgIpc) is 3.43. The molecule has 0 atom stereocenters. The first-order chi connectivity index (χ1) is 21.3. The monoisotopic (exact) mass is 550 g/mol. The zero-order chi connectivity index (χ0) is 28.6. The van der Waals surface area contributed by atoms with Gasteiger partial charge in [0.05, 0.1) is 11.0 Å². The number of hydrogen-bond donors (Lipinski definition) is 0. The molecule has 0 aliphatic rings. The quantitative estimate of drug-likeness (QED) is 0.214. The standard InChI is InChI=1S/C39H26N4/c1-4-12-28(13-5-1)37-40-38(29-14-6-2-7-15-29)42-39(41-37)30-22-20-27(21-23-30)31-24-25-36-34(26-31)33-18-10-11-19-35(33)43(36)32-16-8-3-9-17-32/h1-26H. The molecule has 2 aromatic heterocycles. The van der Waals surface area contributed by atoms with Gasteiger partial charge in [0.2, 0.25) is 0 Å². The Balaban J connectivity index is 1.21. The first-order valence-electron chi connectivity index (χ1n) is 14.4. The molecule has 4 nitrogen and oxygen atoms in total. The predicted octanol–water partition coefficient (Wildman–Crippen LogP) is 9.64. The van der Waals surface area contributed by atoms with Crippen molar-refractivity contribution in [2.75, 3.05) is 0 Å². The van der Waals surface area contributed by atoms with Gasteiger partial charge in [-0.1, -0.05) is 127 Å². The molecule has 0 aliphatic heterocycles. The van der Waals surface area contributed by atoms with Gasteiger partial charge in [0.1, 0.15) is 0 Å². The van der Waals surface area contributed by atoms with Gasteiger partial charge in [-0.2, -0.15) is 0 Å². The highest BCUT2D eigenvalue weighted by atomic mass is 15.0. The Morgan fingerprint density at radius 3 is 1.37 bits per heavy atom. The predicted molar refractivity (Wildman–Crippen MR) is 176 cm³/mol. The van der Waals surface area contributed by atoms with Crippen LogP contribution in [0.4, 0.5) is 0 Å². The van der Waals surface area contributed by atoms with E-state index in [2.05, 4.69) is 102 Å². The van der Waals surface area contributed by atoms with Gasteiger partial charge in [-0.15, -0.1) is 0 Å². The van der Waals surface area contributed by atoms with Gasteiger partial charge < -0.3 is 4.57 Å². The SMILES string of the molecule is c1ccc(-c2nc(-c3ccccc3)nc(-c3ccc(-c4ccc5c(c4)c4ccccc4n5-c4ccccc4)cc3)n2)cc1. The van der Waals surface area contributed by atoms with Crippen LogP contribution in [0.15, 0.2) is 158 Å². The highest BCUT2D eigenvalue weighted by Crippen LogP contribution is 2.35. The molecule has 0 aliphatic carbocycles. The summed E-state index contributed by atoms with van der Waals surface area (Å²) < 4.78 is 2.34. The van der Waals surface area contributed by atoms with Crippen molar-refractivity contribution in [3.63, 3.8) is 0 Å². The summed E-state index contributed by atoms with van der Waals surface area (Å²) >= 11 is 0. The smallest absolute Gasteiger partial charge is 0.164 e. The molecule has 202 valence electrons. The minimum absolute atomic E-state index is 0.653. The molecule has 8 aromatic rings. The maximum atomic E-state index is 4.88. The van der Waals surface area contributed by atoms with Crippen LogP contribution in [0.5, 0.6) is 0 Å². The van der Waals surface area contributed by atoms with Crippen molar-refractivity contribution in [2.24, 2.45) is 0 Å². The minimum atomic E-state index is 0.653. The van der Waals surface area contributed by atoms with E-state index in [1.807, 2.05) is 60.7 Å². The second-order valence-electron chi connectivity index (χ2n) is 10.5. The van der Waals surface area contributed by atoms with E-state index in [1.54, 1.807) is 0 Å². The Hall–Kier alpha value is -5.87. The Bertz CT molecular complexity index is 2150. The summed E-state index contributed by atoms with van der Waals surface area (Å²) in [5, 5.41) is 2.48. The second kappa shape index (κ2) is 10.5. The molecule has 0 fully saturated rings. The van der Waals surface area contributed by atoms with Crippen LogP contribution in [0.1, 0.15) is 0 Å². The third kappa shape index (κ3) is 4.55.